The number of rotatable bonds is 4. The number of sulfonamides is 1. The first-order chi connectivity index (χ1) is 12.3. The van der Waals surface area contributed by atoms with Crippen LogP contribution in [0.2, 0.25) is 0 Å². The molecule has 0 spiro atoms. The van der Waals surface area contributed by atoms with E-state index in [2.05, 4.69) is 10.5 Å². The van der Waals surface area contributed by atoms with Gasteiger partial charge in [0.2, 0.25) is 15.9 Å². The van der Waals surface area contributed by atoms with Gasteiger partial charge in [-0.25, -0.2) is 8.42 Å². The molecular formula is C17H28N4O4S. The fraction of sp³-hybridized carbons (Fsp3) is 0.765. The lowest BCUT2D eigenvalue weighted by atomic mass is 9.96. The predicted octanol–water partition coefficient (Wildman–Crippen LogP) is 0.903. The third-order valence-electron chi connectivity index (χ3n) is 5.44. The Bertz CT molecular complexity index is 741. The molecule has 2 fully saturated rings. The van der Waals surface area contributed by atoms with Gasteiger partial charge in [-0.3, -0.25) is 4.79 Å². The van der Waals surface area contributed by atoms with Crippen LogP contribution in [0.5, 0.6) is 0 Å². The van der Waals surface area contributed by atoms with E-state index in [4.69, 9.17) is 4.52 Å². The summed E-state index contributed by atoms with van der Waals surface area (Å²) >= 11 is 0. The largest absolute Gasteiger partial charge is 0.360 e. The first-order valence-electron chi connectivity index (χ1n) is 9.23. The van der Waals surface area contributed by atoms with E-state index in [1.54, 1.807) is 13.8 Å². The second-order valence-electron chi connectivity index (χ2n) is 7.27. The minimum atomic E-state index is -3.70. The Labute approximate surface area is 154 Å². The van der Waals surface area contributed by atoms with Crippen molar-refractivity contribution in [2.75, 3.05) is 33.2 Å². The van der Waals surface area contributed by atoms with E-state index in [-0.39, 0.29) is 23.3 Å². The van der Waals surface area contributed by atoms with Crippen molar-refractivity contribution in [2.45, 2.75) is 50.5 Å². The average molecular weight is 385 g/mol. The third-order valence-corrected chi connectivity index (χ3v) is 7.55. The Balaban J connectivity index is 1.74. The number of amides is 1. The quantitative estimate of drug-likeness (QED) is 0.829. The topological polar surface area (TPSA) is 95.8 Å². The van der Waals surface area contributed by atoms with Crippen LogP contribution in [-0.4, -0.2) is 68.0 Å². The van der Waals surface area contributed by atoms with E-state index < -0.39 is 10.0 Å². The summed E-state index contributed by atoms with van der Waals surface area (Å²) in [4.78, 5) is 15.0. The van der Waals surface area contributed by atoms with Crippen LogP contribution in [0.4, 0.5) is 0 Å². The number of hydrogen-bond donors (Lipinski definition) is 1. The minimum Gasteiger partial charge on any atom is -0.360 e. The zero-order valence-electron chi connectivity index (χ0n) is 15.7. The Morgan fingerprint density at radius 1 is 1.19 bits per heavy atom. The van der Waals surface area contributed by atoms with Crippen LogP contribution >= 0.6 is 0 Å². The number of hydrogen-bond acceptors (Lipinski definition) is 6. The maximum atomic E-state index is 13.0. The summed E-state index contributed by atoms with van der Waals surface area (Å²) in [7, 11) is -1.78. The Hall–Kier alpha value is -1.45. The molecule has 3 rings (SSSR count). The van der Waals surface area contributed by atoms with Crippen molar-refractivity contribution in [1.29, 1.82) is 0 Å². The van der Waals surface area contributed by atoms with Crippen molar-refractivity contribution in [3.8, 4) is 0 Å². The van der Waals surface area contributed by atoms with Gasteiger partial charge in [0.1, 0.15) is 10.6 Å². The van der Waals surface area contributed by atoms with E-state index in [1.807, 2.05) is 11.9 Å². The molecule has 1 amide bonds. The highest BCUT2D eigenvalue weighted by Crippen LogP contribution is 2.29. The highest BCUT2D eigenvalue weighted by Gasteiger charge is 2.38. The summed E-state index contributed by atoms with van der Waals surface area (Å²) in [6.45, 7) is 5.33. The minimum absolute atomic E-state index is 0.0728. The van der Waals surface area contributed by atoms with Crippen LogP contribution in [0.1, 0.15) is 37.1 Å². The van der Waals surface area contributed by atoms with Gasteiger partial charge in [-0.2, -0.15) is 4.31 Å². The summed E-state index contributed by atoms with van der Waals surface area (Å²) < 4.78 is 32.5. The first kappa shape index (κ1) is 19.3. The second kappa shape index (κ2) is 7.66. The predicted molar refractivity (Wildman–Crippen MR) is 96.1 cm³/mol. The lowest BCUT2D eigenvalue weighted by Crippen LogP contribution is -2.52. The molecule has 146 valence electrons. The summed E-state index contributed by atoms with van der Waals surface area (Å²) in [6, 6.07) is 0.318. The standard InChI is InChI=1S/C17H28N4O4S/c1-12-16(13(2)25-19-12)26(23,24)21-9-4-6-14(10-21)17(22)20-8-5-7-15(11-20)18-3/h14-15,18H,4-11H2,1-3H3. The van der Waals surface area contributed by atoms with E-state index in [0.29, 0.717) is 37.0 Å². The maximum Gasteiger partial charge on any atom is 0.248 e. The number of likely N-dealkylation sites (N-methyl/N-ethyl adjacent to an activating group) is 1. The number of likely N-dealkylation sites (tertiary alicyclic amines) is 1. The molecule has 1 N–H and O–H groups in total. The molecule has 26 heavy (non-hydrogen) atoms. The summed E-state index contributed by atoms with van der Waals surface area (Å²) in [5, 5.41) is 7.00. The van der Waals surface area contributed by atoms with Crippen LogP contribution in [0, 0.1) is 19.8 Å². The van der Waals surface area contributed by atoms with Gasteiger partial charge < -0.3 is 14.7 Å². The molecule has 2 aliphatic heterocycles. The molecule has 1 aromatic rings. The number of aromatic nitrogens is 1. The third kappa shape index (κ3) is 3.65. The number of nitrogens with zero attached hydrogens (tertiary/aromatic N) is 3. The number of carbonyl (C=O) groups is 1. The van der Waals surface area contributed by atoms with E-state index in [0.717, 1.165) is 25.8 Å². The molecule has 9 heteroatoms. The molecule has 2 unspecified atom stereocenters. The summed E-state index contributed by atoms with van der Waals surface area (Å²) in [6.07, 6.45) is 3.46. The summed E-state index contributed by atoms with van der Waals surface area (Å²) in [5.41, 5.74) is 0.365. The Kier molecular flexibility index (Phi) is 5.69. The number of nitrogens with one attached hydrogen (secondary N) is 1. The fourth-order valence-electron chi connectivity index (χ4n) is 4.01. The van der Waals surface area contributed by atoms with Gasteiger partial charge in [0.15, 0.2) is 5.76 Å². The van der Waals surface area contributed by atoms with Gasteiger partial charge >= 0.3 is 0 Å². The number of carbonyl (C=O) groups excluding carboxylic acids is 1. The molecule has 0 saturated carbocycles. The molecule has 2 aliphatic rings. The van der Waals surface area contributed by atoms with Gasteiger partial charge in [0.05, 0.1) is 5.92 Å². The molecule has 0 bridgehead atoms. The van der Waals surface area contributed by atoms with Crippen LogP contribution in [0.3, 0.4) is 0 Å². The maximum absolute atomic E-state index is 13.0. The lowest BCUT2D eigenvalue weighted by Gasteiger charge is -2.37. The molecule has 3 heterocycles. The smallest absolute Gasteiger partial charge is 0.248 e. The number of piperidine rings is 2. The van der Waals surface area contributed by atoms with Crippen LogP contribution < -0.4 is 5.32 Å². The molecule has 0 aliphatic carbocycles. The Morgan fingerprint density at radius 2 is 1.92 bits per heavy atom. The van der Waals surface area contributed by atoms with E-state index >= 15 is 0 Å². The lowest BCUT2D eigenvalue weighted by molar-refractivity contribution is -0.138. The van der Waals surface area contributed by atoms with Gasteiger partial charge in [-0.05, 0) is 46.6 Å². The van der Waals surface area contributed by atoms with Crippen molar-refractivity contribution < 1.29 is 17.7 Å². The van der Waals surface area contributed by atoms with Gasteiger partial charge in [0, 0.05) is 32.2 Å². The fourth-order valence-corrected chi connectivity index (χ4v) is 5.82. The van der Waals surface area contributed by atoms with Crippen molar-refractivity contribution >= 4 is 15.9 Å². The van der Waals surface area contributed by atoms with Crippen LogP contribution in [0.25, 0.3) is 0 Å². The van der Waals surface area contributed by atoms with E-state index in [1.165, 1.54) is 4.31 Å². The van der Waals surface area contributed by atoms with Crippen molar-refractivity contribution in [3.63, 3.8) is 0 Å². The zero-order chi connectivity index (χ0) is 18.9. The molecule has 0 radical (unpaired) electrons. The molecule has 2 saturated heterocycles. The second-order valence-corrected chi connectivity index (χ2v) is 9.14. The van der Waals surface area contributed by atoms with E-state index in [9.17, 15) is 13.2 Å². The zero-order valence-corrected chi connectivity index (χ0v) is 16.5. The number of aryl methyl sites for hydroxylation is 2. The molecule has 0 aromatic carbocycles. The SMILES string of the molecule is CNC1CCCN(C(=O)C2CCCN(S(=O)(=O)c3c(C)noc3C)C2)C1. The average Bonchev–Trinajstić information content (AvgIpc) is 3.00. The molecule has 2 atom stereocenters. The molecular weight excluding hydrogens is 356 g/mol. The normalized spacial score (nSPS) is 25.4. The van der Waals surface area contributed by atoms with Crippen molar-refractivity contribution in [2.24, 2.45) is 5.92 Å². The highest BCUT2D eigenvalue weighted by atomic mass is 32.2. The highest BCUT2D eigenvalue weighted by molar-refractivity contribution is 7.89. The summed E-state index contributed by atoms with van der Waals surface area (Å²) in [5.74, 6) is 0.0852. The Morgan fingerprint density at radius 3 is 2.58 bits per heavy atom. The van der Waals surface area contributed by atoms with Crippen molar-refractivity contribution in [3.05, 3.63) is 11.5 Å². The monoisotopic (exact) mass is 384 g/mol. The van der Waals surface area contributed by atoms with Gasteiger partial charge in [0.25, 0.3) is 0 Å². The first-order valence-corrected chi connectivity index (χ1v) is 10.7. The van der Waals surface area contributed by atoms with Gasteiger partial charge in [-0.15, -0.1) is 0 Å². The van der Waals surface area contributed by atoms with Crippen LogP contribution in [-0.2, 0) is 14.8 Å². The van der Waals surface area contributed by atoms with Crippen LogP contribution in [0.15, 0.2) is 9.42 Å². The van der Waals surface area contributed by atoms with Crippen molar-refractivity contribution in [1.82, 2.24) is 19.7 Å². The molecule has 1 aromatic heterocycles. The van der Waals surface area contributed by atoms with Gasteiger partial charge in [-0.1, -0.05) is 5.16 Å². The molecule has 8 nitrogen and oxygen atoms in total.